The third-order valence-electron chi connectivity index (χ3n) is 3.63. The maximum atomic E-state index is 13.4. The molecule has 30 heavy (non-hydrogen) atoms. The summed E-state index contributed by atoms with van der Waals surface area (Å²) in [6.45, 7) is -0.330. The zero-order chi connectivity index (χ0) is 21.5. The predicted molar refractivity (Wildman–Crippen MR) is 107 cm³/mol. The molecule has 0 saturated carbocycles. The van der Waals surface area contributed by atoms with Crippen LogP contribution in [-0.2, 0) is 4.79 Å². The number of halogens is 2. The van der Waals surface area contributed by atoms with Gasteiger partial charge in [-0.1, -0.05) is 6.07 Å². The van der Waals surface area contributed by atoms with Gasteiger partial charge >= 0.3 is 0 Å². The summed E-state index contributed by atoms with van der Waals surface area (Å²) in [6.07, 6.45) is 0. The van der Waals surface area contributed by atoms with E-state index in [0.29, 0.717) is 17.2 Å². The first kappa shape index (κ1) is 21.2. The quantitative estimate of drug-likeness (QED) is 0.267. The van der Waals surface area contributed by atoms with Crippen LogP contribution in [0.2, 0.25) is 0 Å². The first-order valence-corrected chi connectivity index (χ1v) is 9.13. The lowest BCUT2D eigenvalue weighted by Crippen LogP contribution is -2.25. The van der Waals surface area contributed by atoms with Crippen LogP contribution in [0.1, 0.15) is 5.69 Å². The Labute approximate surface area is 177 Å². The number of ether oxygens (including phenoxy) is 2. The number of carbonyl (C=O) groups excluding carboxylic acids is 1. The van der Waals surface area contributed by atoms with Crippen molar-refractivity contribution in [2.45, 2.75) is 0 Å². The van der Waals surface area contributed by atoms with Gasteiger partial charge in [0.15, 0.2) is 18.1 Å². The standard InChI is InChI=1S/C18H15BrFN5O5/c1-28-11-3-2-4-12(8-11)29-9-15(26)22-18-16(24-30-25-18)17(23-27)21-10-5-6-14(20)13(19)7-10/h2-8,27H,9H2,1H3,(H,21,23)(H,22,25,26). The number of anilines is 1. The van der Waals surface area contributed by atoms with E-state index in [1.54, 1.807) is 24.3 Å². The predicted octanol–water partition coefficient (Wildman–Crippen LogP) is 3.05. The number of methoxy groups -OCH3 is 1. The number of aromatic nitrogens is 2. The Kier molecular flexibility index (Phi) is 6.93. The summed E-state index contributed by atoms with van der Waals surface area (Å²) in [6, 6.07) is 10.7. The lowest BCUT2D eigenvalue weighted by atomic mass is 10.3. The number of benzene rings is 2. The highest BCUT2D eigenvalue weighted by Crippen LogP contribution is 2.23. The topological polar surface area (TPSA) is 131 Å². The molecule has 0 bridgehead atoms. The molecule has 0 aliphatic rings. The number of aliphatic imine (C=N–C) groups is 1. The van der Waals surface area contributed by atoms with Crippen molar-refractivity contribution in [2.75, 3.05) is 19.0 Å². The molecule has 156 valence electrons. The Morgan fingerprint density at radius 1 is 1.27 bits per heavy atom. The largest absolute Gasteiger partial charge is 0.497 e. The molecular formula is C18H15BrFN5O5. The number of hydrogen-bond acceptors (Lipinski definition) is 8. The highest BCUT2D eigenvalue weighted by atomic mass is 79.9. The molecule has 2 aromatic carbocycles. The van der Waals surface area contributed by atoms with Gasteiger partial charge in [0.1, 0.15) is 17.3 Å². The summed E-state index contributed by atoms with van der Waals surface area (Å²) in [5.74, 6) is -0.298. The van der Waals surface area contributed by atoms with Crippen LogP contribution in [0.4, 0.5) is 15.9 Å². The van der Waals surface area contributed by atoms with Gasteiger partial charge in [-0.05, 0) is 56.6 Å². The van der Waals surface area contributed by atoms with Gasteiger partial charge in [-0.2, -0.15) is 0 Å². The van der Waals surface area contributed by atoms with Gasteiger partial charge < -0.3 is 14.8 Å². The van der Waals surface area contributed by atoms with Gasteiger partial charge in [-0.15, -0.1) is 0 Å². The molecule has 0 atom stereocenters. The molecule has 3 rings (SSSR count). The minimum atomic E-state index is -0.559. The van der Waals surface area contributed by atoms with E-state index in [0.717, 1.165) is 0 Å². The molecule has 0 aliphatic carbocycles. The normalized spacial score (nSPS) is 11.1. The fourth-order valence-electron chi connectivity index (χ4n) is 2.25. The van der Waals surface area contributed by atoms with E-state index in [2.05, 4.69) is 41.2 Å². The molecule has 0 aliphatic heterocycles. The molecule has 3 N–H and O–H groups in total. The first-order chi connectivity index (χ1) is 14.5. The van der Waals surface area contributed by atoms with Crippen LogP contribution in [0.15, 0.2) is 56.6 Å². The number of nitrogens with zero attached hydrogens (tertiary/aromatic N) is 3. The van der Waals surface area contributed by atoms with Gasteiger partial charge in [0, 0.05) is 6.07 Å². The number of amides is 1. The lowest BCUT2D eigenvalue weighted by molar-refractivity contribution is -0.118. The molecule has 1 heterocycles. The zero-order valence-corrected chi connectivity index (χ0v) is 17.0. The minimum absolute atomic E-state index is 0.0762. The minimum Gasteiger partial charge on any atom is -0.497 e. The third-order valence-corrected chi connectivity index (χ3v) is 4.24. The van der Waals surface area contributed by atoms with E-state index in [4.69, 9.17) is 9.47 Å². The van der Waals surface area contributed by atoms with Gasteiger partial charge in [-0.3, -0.25) is 15.5 Å². The van der Waals surface area contributed by atoms with Crippen molar-refractivity contribution in [1.29, 1.82) is 0 Å². The monoisotopic (exact) mass is 479 g/mol. The first-order valence-electron chi connectivity index (χ1n) is 8.33. The molecule has 0 fully saturated rings. The second-order valence-electron chi connectivity index (χ2n) is 5.65. The van der Waals surface area contributed by atoms with Crippen LogP contribution in [-0.4, -0.2) is 41.0 Å². The van der Waals surface area contributed by atoms with Gasteiger partial charge in [-0.25, -0.2) is 14.0 Å². The lowest BCUT2D eigenvalue weighted by Gasteiger charge is -2.08. The Bertz CT molecular complexity index is 1070. The van der Waals surface area contributed by atoms with Crippen molar-refractivity contribution in [3.63, 3.8) is 0 Å². The molecule has 0 saturated heterocycles. The maximum Gasteiger partial charge on any atom is 0.263 e. The second-order valence-corrected chi connectivity index (χ2v) is 6.50. The molecule has 0 radical (unpaired) electrons. The van der Waals surface area contributed by atoms with Crippen LogP contribution < -0.4 is 20.3 Å². The van der Waals surface area contributed by atoms with Crippen LogP contribution in [0.25, 0.3) is 0 Å². The Balaban J connectivity index is 1.70. The summed E-state index contributed by atoms with van der Waals surface area (Å²) >= 11 is 3.05. The van der Waals surface area contributed by atoms with E-state index >= 15 is 0 Å². The zero-order valence-electron chi connectivity index (χ0n) is 15.4. The molecular weight excluding hydrogens is 465 g/mol. The number of nitrogens with one attached hydrogen (secondary N) is 2. The molecule has 1 aromatic heterocycles. The number of amidine groups is 1. The van der Waals surface area contributed by atoms with Gasteiger partial charge in [0.05, 0.1) is 17.3 Å². The molecule has 1 amide bonds. The molecule has 12 heteroatoms. The van der Waals surface area contributed by atoms with E-state index in [1.807, 2.05) is 5.48 Å². The van der Waals surface area contributed by atoms with Crippen LogP contribution >= 0.6 is 15.9 Å². The fraction of sp³-hybridized carbons (Fsp3) is 0.111. The fourth-order valence-corrected chi connectivity index (χ4v) is 2.62. The number of rotatable bonds is 7. The van der Waals surface area contributed by atoms with Crippen molar-refractivity contribution in [2.24, 2.45) is 4.99 Å². The van der Waals surface area contributed by atoms with E-state index in [9.17, 15) is 14.4 Å². The van der Waals surface area contributed by atoms with Crippen molar-refractivity contribution in [3.8, 4) is 11.5 Å². The van der Waals surface area contributed by atoms with Crippen LogP contribution in [0.5, 0.6) is 11.5 Å². The average Bonchev–Trinajstić information content (AvgIpc) is 3.21. The Morgan fingerprint density at radius 2 is 2.07 bits per heavy atom. The number of hydrogen-bond donors (Lipinski definition) is 3. The van der Waals surface area contributed by atoms with Crippen LogP contribution in [0.3, 0.4) is 0 Å². The smallest absolute Gasteiger partial charge is 0.263 e. The molecule has 3 aromatic rings. The number of hydroxylamine groups is 1. The van der Waals surface area contributed by atoms with E-state index < -0.39 is 11.7 Å². The third kappa shape index (κ3) is 5.30. The summed E-state index contributed by atoms with van der Waals surface area (Å²) in [4.78, 5) is 16.3. The summed E-state index contributed by atoms with van der Waals surface area (Å²) in [5.41, 5.74) is 2.07. The van der Waals surface area contributed by atoms with Gasteiger partial charge in [0.25, 0.3) is 5.91 Å². The SMILES string of the molecule is COc1cccc(OCC(=O)Nc2nonc2C(=Nc2ccc(F)c(Br)c2)NO)c1. The highest BCUT2D eigenvalue weighted by molar-refractivity contribution is 9.10. The Morgan fingerprint density at radius 3 is 2.80 bits per heavy atom. The molecule has 0 unspecified atom stereocenters. The maximum absolute atomic E-state index is 13.4. The summed E-state index contributed by atoms with van der Waals surface area (Å²) in [5, 5.41) is 19.1. The van der Waals surface area contributed by atoms with Crippen molar-refractivity contribution in [3.05, 3.63) is 58.4 Å². The van der Waals surface area contributed by atoms with Gasteiger partial charge in [0.2, 0.25) is 5.82 Å². The summed E-state index contributed by atoms with van der Waals surface area (Å²) < 4.78 is 28.7. The molecule has 10 nitrogen and oxygen atoms in total. The number of carbonyl (C=O) groups is 1. The van der Waals surface area contributed by atoms with E-state index in [-0.39, 0.29) is 28.4 Å². The van der Waals surface area contributed by atoms with E-state index in [1.165, 1.54) is 25.3 Å². The Hall–Kier alpha value is -3.51. The highest BCUT2D eigenvalue weighted by Gasteiger charge is 2.19. The average molecular weight is 480 g/mol. The van der Waals surface area contributed by atoms with Crippen molar-refractivity contribution < 1.29 is 28.5 Å². The summed E-state index contributed by atoms with van der Waals surface area (Å²) in [7, 11) is 1.52. The second kappa shape index (κ2) is 9.80. The van der Waals surface area contributed by atoms with Crippen LogP contribution in [0, 0.1) is 5.82 Å². The van der Waals surface area contributed by atoms with Crippen molar-refractivity contribution >= 4 is 39.2 Å². The molecule has 0 spiro atoms. The van der Waals surface area contributed by atoms with Crippen molar-refractivity contribution in [1.82, 2.24) is 15.8 Å².